The zero-order valence-electron chi connectivity index (χ0n) is 9.06. The molecule has 0 aliphatic carbocycles. The molecule has 3 N–H and O–H groups in total. The van der Waals surface area contributed by atoms with Gasteiger partial charge in [0.25, 0.3) is 0 Å². The highest BCUT2D eigenvalue weighted by molar-refractivity contribution is 5.85. The number of nitrogens with one attached hydrogen (secondary N) is 1. The number of halogens is 2. The minimum atomic E-state index is 0. The van der Waals surface area contributed by atoms with Gasteiger partial charge < -0.3 is 11.2 Å². The predicted molar refractivity (Wildman–Crippen MR) is 71.9 cm³/mol. The van der Waals surface area contributed by atoms with Gasteiger partial charge in [0.05, 0.1) is 0 Å². The standard InChI is InChI=1S/C10H17N3.2ClH/c1-3-13(4-2)12-10-7-5-9(11)6-8-10;;/h5-8,12H,3-4,11H2,1-2H3;2*1H. The van der Waals surface area contributed by atoms with Crippen molar-refractivity contribution in [2.24, 2.45) is 0 Å². The van der Waals surface area contributed by atoms with Crippen molar-refractivity contribution in [2.75, 3.05) is 24.2 Å². The fraction of sp³-hybridized carbons (Fsp3) is 0.400. The van der Waals surface area contributed by atoms with E-state index in [0.717, 1.165) is 24.5 Å². The summed E-state index contributed by atoms with van der Waals surface area (Å²) in [6.07, 6.45) is 0. The van der Waals surface area contributed by atoms with E-state index in [1.165, 1.54) is 0 Å². The topological polar surface area (TPSA) is 41.3 Å². The maximum absolute atomic E-state index is 5.58. The molecule has 0 heterocycles. The fourth-order valence-corrected chi connectivity index (χ4v) is 1.12. The number of nitrogens with two attached hydrogens (primary N) is 1. The SMILES string of the molecule is CCN(CC)Nc1ccc(N)cc1.Cl.Cl. The van der Waals surface area contributed by atoms with Gasteiger partial charge in [-0.25, -0.2) is 5.01 Å². The summed E-state index contributed by atoms with van der Waals surface area (Å²) >= 11 is 0. The number of hydrogen-bond donors (Lipinski definition) is 2. The van der Waals surface area contributed by atoms with Crippen LogP contribution in [-0.2, 0) is 0 Å². The Hall–Kier alpha value is -0.640. The summed E-state index contributed by atoms with van der Waals surface area (Å²) in [7, 11) is 0. The van der Waals surface area contributed by atoms with Crippen LogP contribution in [0, 0.1) is 0 Å². The molecule has 0 radical (unpaired) electrons. The van der Waals surface area contributed by atoms with E-state index in [-0.39, 0.29) is 24.8 Å². The highest BCUT2D eigenvalue weighted by atomic mass is 35.5. The normalized spacial score (nSPS) is 9.00. The molecule has 88 valence electrons. The second-order valence-corrected chi connectivity index (χ2v) is 2.91. The van der Waals surface area contributed by atoms with Crippen molar-refractivity contribution in [3.63, 3.8) is 0 Å². The molecule has 0 aromatic heterocycles. The first-order chi connectivity index (χ1) is 6.26. The van der Waals surface area contributed by atoms with Crippen molar-refractivity contribution in [3.05, 3.63) is 24.3 Å². The van der Waals surface area contributed by atoms with Crippen LogP contribution in [0.5, 0.6) is 0 Å². The van der Waals surface area contributed by atoms with Gasteiger partial charge in [0.15, 0.2) is 0 Å². The summed E-state index contributed by atoms with van der Waals surface area (Å²) in [6.45, 7) is 6.21. The Morgan fingerprint density at radius 1 is 1.07 bits per heavy atom. The van der Waals surface area contributed by atoms with Crippen LogP contribution in [0.4, 0.5) is 11.4 Å². The molecule has 15 heavy (non-hydrogen) atoms. The van der Waals surface area contributed by atoms with E-state index in [1.807, 2.05) is 24.3 Å². The van der Waals surface area contributed by atoms with Gasteiger partial charge in [-0.2, -0.15) is 0 Å². The molecular weight excluding hydrogens is 233 g/mol. The van der Waals surface area contributed by atoms with E-state index in [9.17, 15) is 0 Å². The second kappa shape index (κ2) is 8.65. The molecule has 0 spiro atoms. The Balaban J connectivity index is 0. The maximum Gasteiger partial charge on any atom is 0.0491 e. The predicted octanol–water partition coefficient (Wildman–Crippen LogP) is 2.78. The van der Waals surface area contributed by atoms with Gasteiger partial charge in [-0.15, -0.1) is 24.8 Å². The zero-order chi connectivity index (χ0) is 9.68. The molecule has 0 aliphatic rings. The van der Waals surface area contributed by atoms with Crippen LogP contribution in [0.2, 0.25) is 0 Å². The maximum atomic E-state index is 5.58. The fourth-order valence-electron chi connectivity index (χ4n) is 1.12. The summed E-state index contributed by atoms with van der Waals surface area (Å²) in [4.78, 5) is 0. The number of anilines is 2. The average molecular weight is 252 g/mol. The molecule has 0 unspecified atom stereocenters. The van der Waals surface area contributed by atoms with E-state index >= 15 is 0 Å². The largest absolute Gasteiger partial charge is 0.399 e. The van der Waals surface area contributed by atoms with E-state index in [4.69, 9.17) is 5.73 Å². The summed E-state index contributed by atoms with van der Waals surface area (Å²) < 4.78 is 0. The molecule has 1 aromatic rings. The highest BCUT2D eigenvalue weighted by Crippen LogP contribution is 2.10. The van der Waals surface area contributed by atoms with E-state index in [0.29, 0.717) is 0 Å². The lowest BCUT2D eigenvalue weighted by atomic mass is 10.3. The number of benzene rings is 1. The third kappa shape index (κ3) is 5.72. The number of nitrogen functional groups attached to an aromatic ring is 1. The Morgan fingerprint density at radius 2 is 1.53 bits per heavy atom. The number of rotatable bonds is 4. The van der Waals surface area contributed by atoms with Crippen molar-refractivity contribution in [3.8, 4) is 0 Å². The third-order valence-electron chi connectivity index (χ3n) is 1.96. The highest BCUT2D eigenvalue weighted by Gasteiger charge is 1.97. The Morgan fingerprint density at radius 3 is 1.93 bits per heavy atom. The van der Waals surface area contributed by atoms with Crippen LogP contribution >= 0.6 is 24.8 Å². The molecule has 0 saturated carbocycles. The number of hydrogen-bond acceptors (Lipinski definition) is 3. The Labute approximate surface area is 104 Å². The van der Waals surface area contributed by atoms with Crippen molar-refractivity contribution < 1.29 is 0 Å². The lowest BCUT2D eigenvalue weighted by Gasteiger charge is -2.20. The molecule has 0 bridgehead atoms. The molecule has 0 saturated heterocycles. The van der Waals surface area contributed by atoms with E-state index in [2.05, 4.69) is 24.3 Å². The number of nitrogens with zero attached hydrogens (tertiary/aromatic N) is 1. The first-order valence-corrected chi connectivity index (χ1v) is 4.63. The van der Waals surface area contributed by atoms with Gasteiger partial charge in [0.2, 0.25) is 0 Å². The molecule has 3 nitrogen and oxygen atoms in total. The number of hydrazine groups is 1. The van der Waals surface area contributed by atoms with Crippen LogP contribution in [0.25, 0.3) is 0 Å². The molecule has 0 aliphatic heterocycles. The molecule has 1 rings (SSSR count). The minimum absolute atomic E-state index is 0. The van der Waals surface area contributed by atoms with Gasteiger partial charge in [-0.1, -0.05) is 13.8 Å². The summed E-state index contributed by atoms with van der Waals surface area (Å²) in [5.41, 5.74) is 10.7. The summed E-state index contributed by atoms with van der Waals surface area (Å²) in [6, 6.07) is 7.75. The van der Waals surface area contributed by atoms with Crippen LogP contribution in [0.3, 0.4) is 0 Å². The molecule has 5 heteroatoms. The Kier molecular flexibility index (Phi) is 9.68. The lowest BCUT2D eigenvalue weighted by Crippen LogP contribution is -2.29. The first kappa shape index (κ1) is 16.8. The van der Waals surface area contributed by atoms with Crippen LogP contribution in [0.15, 0.2) is 24.3 Å². The summed E-state index contributed by atoms with van der Waals surface area (Å²) in [5, 5.41) is 2.13. The van der Waals surface area contributed by atoms with E-state index < -0.39 is 0 Å². The first-order valence-electron chi connectivity index (χ1n) is 4.63. The van der Waals surface area contributed by atoms with Crippen molar-refractivity contribution in [1.29, 1.82) is 0 Å². The van der Waals surface area contributed by atoms with Crippen molar-refractivity contribution in [1.82, 2.24) is 5.01 Å². The Bertz CT molecular complexity index is 247. The van der Waals surface area contributed by atoms with Crippen LogP contribution in [0.1, 0.15) is 13.8 Å². The van der Waals surface area contributed by atoms with E-state index in [1.54, 1.807) is 0 Å². The average Bonchev–Trinajstić information content (AvgIpc) is 2.17. The van der Waals surface area contributed by atoms with Crippen molar-refractivity contribution >= 4 is 36.2 Å². The van der Waals surface area contributed by atoms with Gasteiger partial charge >= 0.3 is 0 Å². The monoisotopic (exact) mass is 251 g/mol. The zero-order valence-corrected chi connectivity index (χ0v) is 10.7. The lowest BCUT2D eigenvalue weighted by molar-refractivity contribution is 0.367. The molecule has 0 atom stereocenters. The minimum Gasteiger partial charge on any atom is -0.399 e. The molecule has 0 fully saturated rings. The van der Waals surface area contributed by atoms with Gasteiger partial charge in [-0.05, 0) is 24.3 Å². The van der Waals surface area contributed by atoms with Crippen LogP contribution in [-0.4, -0.2) is 18.1 Å². The molecule has 0 amide bonds. The molecule has 1 aromatic carbocycles. The quantitative estimate of drug-likeness (QED) is 0.639. The van der Waals surface area contributed by atoms with Crippen LogP contribution < -0.4 is 11.2 Å². The van der Waals surface area contributed by atoms with Crippen molar-refractivity contribution in [2.45, 2.75) is 13.8 Å². The summed E-state index contributed by atoms with van der Waals surface area (Å²) in [5.74, 6) is 0. The third-order valence-corrected chi connectivity index (χ3v) is 1.96. The van der Waals surface area contributed by atoms with Gasteiger partial charge in [-0.3, -0.25) is 0 Å². The van der Waals surface area contributed by atoms with Gasteiger partial charge in [0.1, 0.15) is 0 Å². The smallest absolute Gasteiger partial charge is 0.0491 e. The second-order valence-electron chi connectivity index (χ2n) is 2.91. The molecular formula is C10H19Cl2N3. The van der Waals surface area contributed by atoms with Gasteiger partial charge in [0, 0.05) is 24.5 Å².